The Morgan fingerprint density at radius 3 is 2.80 bits per heavy atom. The Labute approximate surface area is 116 Å². The van der Waals surface area contributed by atoms with Gasteiger partial charge in [-0.3, -0.25) is 4.98 Å². The number of hydrogen-bond acceptors (Lipinski definition) is 5. The zero-order chi connectivity index (χ0) is 15.0. The van der Waals surface area contributed by atoms with Gasteiger partial charge < -0.3 is 16.2 Å². The Morgan fingerprint density at radius 1 is 1.40 bits per heavy atom. The molecule has 0 unspecified atom stereocenters. The van der Waals surface area contributed by atoms with Gasteiger partial charge in [0, 0.05) is 31.0 Å². The van der Waals surface area contributed by atoms with E-state index < -0.39 is 16.1 Å². The maximum absolute atomic E-state index is 11.9. The molecular weight excluding hydrogens is 284 g/mol. The van der Waals surface area contributed by atoms with Gasteiger partial charge in [-0.05, 0) is 6.07 Å². The van der Waals surface area contributed by atoms with Crippen molar-refractivity contribution in [1.82, 2.24) is 15.0 Å². The van der Waals surface area contributed by atoms with Crippen molar-refractivity contribution in [3.05, 3.63) is 24.0 Å². The molecule has 0 saturated carbocycles. The van der Waals surface area contributed by atoms with Gasteiger partial charge in [0.2, 0.25) is 10.0 Å². The van der Waals surface area contributed by atoms with E-state index in [1.54, 1.807) is 0 Å². The fourth-order valence-corrected chi connectivity index (χ4v) is 2.25. The highest BCUT2D eigenvalue weighted by atomic mass is 32.2. The average molecular weight is 298 g/mol. The van der Waals surface area contributed by atoms with Crippen LogP contribution in [-0.4, -0.2) is 44.2 Å². The molecule has 0 aliphatic carbocycles. The first kappa shape index (κ1) is 15.9. The lowest BCUT2D eigenvalue weighted by Gasteiger charge is -2.06. The lowest BCUT2D eigenvalue weighted by atomic mass is 10.3. The Hall–Kier alpha value is -2.15. The summed E-state index contributed by atoms with van der Waals surface area (Å²) < 4.78 is 26.1. The van der Waals surface area contributed by atoms with Crippen molar-refractivity contribution in [2.24, 2.45) is 5.73 Å². The number of nitrogens with one attached hydrogen (secondary N) is 2. The summed E-state index contributed by atoms with van der Waals surface area (Å²) in [5, 5.41) is 10.8. The third kappa shape index (κ3) is 5.23. The summed E-state index contributed by atoms with van der Waals surface area (Å²) in [6.07, 6.45) is 2.56. The van der Waals surface area contributed by atoms with Crippen LogP contribution in [0.1, 0.15) is 5.56 Å². The minimum absolute atomic E-state index is 0.00216. The van der Waals surface area contributed by atoms with E-state index in [-0.39, 0.29) is 24.6 Å². The van der Waals surface area contributed by atoms with Crippen LogP contribution < -0.4 is 15.8 Å². The predicted octanol–water partition coefficient (Wildman–Crippen LogP) is -1.63. The second-order valence-corrected chi connectivity index (χ2v) is 5.32. The van der Waals surface area contributed by atoms with Crippen molar-refractivity contribution in [3.8, 4) is 11.8 Å². The van der Waals surface area contributed by atoms with Gasteiger partial charge in [0.05, 0.1) is 0 Å². The Bertz CT molecular complexity index is 633. The number of aliphatic hydroxyl groups excluding tert-OH is 1. The summed E-state index contributed by atoms with van der Waals surface area (Å²) in [6.45, 7) is -0.252. The van der Waals surface area contributed by atoms with E-state index >= 15 is 0 Å². The number of nitrogens with two attached hydrogens (primary N) is 1. The van der Waals surface area contributed by atoms with Crippen molar-refractivity contribution >= 4 is 16.1 Å². The molecule has 1 heterocycles. The molecule has 0 atom stereocenters. The number of urea groups is 1. The van der Waals surface area contributed by atoms with Gasteiger partial charge in [0.25, 0.3) is 0 Å². The van der Waals surface area contributed by atoms with Gasteiger partial charge in [0.15, 0.2) is 0 Å². The number of pyridine rings is 1. The van der Waals surface area contributed by atoms with Gasteiger partial charge in [-0.25, -0.2) is 17.9 Å². The molecule has 1 aromatic rings. The SMILES string of the molecule is NC(=O)NCCNS(=O)(=O)c1cncc(C#CCO)c1. The number of sulfonamides is 1. The maximum atomic E-state index is 11.9. The van der Waals surface area contributed by atoms with Crippen molar-refractivity contribution in [2.45, 2.75) is 4.90 Å². The number of carbonyl (C=O) groups excluding carboxylic acids is 1. The molecule has 2 amide bonds. The highest BCUT2D eigenvalue weighted by Gasteiger charge is 2.14. The van der Waals surface area contributed by atoms with Crippen LogP contribution in [0.2, 0.25) is 0 Å². The van der Waals surface area contributed by atoms with Crippen molar-refractivity contribution in [2.75, 3.05) is 19.7 Å². The third-order valence-corrected chi connectivity index (χ3v) is 3.48. The zero-order valence-corrected chi connectivity index (χ0v) is 11.3. The second-order valence-electron chi connectivity index (χ2n) is 3.56. The standard InChI is InChI=1S/C11H14N4O4S/c12-11(17)14-3-4-15-20(18,19)10-6-9(2-1-5-16)7-13-8-10/h6-8,15-16H,3-5H2,(H3,12,14,17). The molecule has 0 aliphatic heterocycles. The molecule has 0 aromatic carbocycles. The highest BCUT2D eigenvalue weighted by molar-refractivity contribution is 7.89. The first-order valence-corrected chi connectivity index (χ1v) is 7.02. The van der Waals surface area contributed by atoms with Crippen LogP contribution in [0.3, 0.4) is 0 Å². The molecule has 0 spiro atoms. The summed E-state index contributed by atoms with van der Waals surface area (Å²) >= 11 is 0. The number of nitrogens with zero attached hydrogens (tertiary/aromatic N) is 1. The van der Waals surface area contributed by atoms with E-state index in [0.717, 1.165) is 0 Å². The minimum atomic E-state index is -3.74. The first-order valence-electron chi connectivity index (χ1n) is 5.53. The Kier molecular flexibility index (Phi) is 5.92. The van der Waals surface area contributed by atoms with E-state index in [1.165, 1.54) is 18.5 Å². The summed E-state index contributed by atoms with van der Waals surface area (Å²) in [5.41, 5.74) is 5.22. The van der Waals surface area contributed by atoms with Crippen LogP contribution in [0, 0.1) is 11.8 Å². The number of amides is 2. The van der Waals surface area contributed by atoms with E-state index in [4.69, 9.17) is 10.8 Å². The minimum Gasteiger partial charge on any atom is -0.384 e. The smallest absolute Gasteiger partial charge is 0.312 e. The average Bonchev–Trinajstić information content (AvgIpc) is 2.41. The summed E-state index contributed by atoms with van der Waals surface area (Å²) in [5.74, 6) is 4.96. The van der Waals surface area contributed by atoms with Crippen molar-refractivity contribution in [1.29, 1.82) is 0 Å². The van der Waals surface area contributed by atoms with Crippen LogP contribution >= 0.6 is 0 Å². The van der Waals surface area contributed by atoms with Crippen LogP contribution in [-0.2, 0) is 10.0 Å². The molecule has 0 bridgehead atoms. The molecule has 108 valence electrons. The molecule has 0 saturated heterocycles. The summed E-state index contributed by atoms with van der Waals surface area (Å²) in [4.78, 5) is 14.1. The summed E-state index contributed by atoms with van der Waals surface area (Å²) in [6, 6.07) is 0.603. The van der Waals surface area contributed by atoms with Gasteiger partial charge in [-0.2, -0.15) is 0 Å². The number of aliphatic hydroxyl groups is 1. The normalized spacial score (nSPS) is 10.4. The largest absolute Gasteiger partial charge is 0.384 e. The second kappa shape index (κ2) is 7.44. The molecular formula is C11H14N4O4S. The quantitative estimate of drug-likeness (QED) is 0.382. The lowest BCUT2D eigenvalue weighted by molar-refractivity contribution is 0.249. The van der Waals surface area contributed by atoms with Gasteiger partial charge in [0.1, 0.15) is 11.5 Å². The van der Waals surface area contributed by atoms with Crippen LogP contribution in [0.25, 0.3) is 0 Å². The molecule has 1 rings (SSSR count). The fourth-order valence-electron chi connectivity index (χ4n) is 1.23. The number of carbonyl (C=O) groups is 1. The Balaban J connectivity index is 2.74. The fraction of sp³-hybridized carbons (Fsp3) is 0.273. The Morgan fingerprint density at radius 2 is 2.15 bits per heavy atom. The third-order valence-electron chi connectivity index (χ3n) is 2.05. The number of primary amides is 1. The lowest BCUT2D eigenvalue weighted by Crippen LogP contribution is -2.37. The monoisotopic (exact) mass is 298 g/mol. The topological polar surface area (TPSA) is 134 Å². The molecule has 9 heteroatoms. The zero-order valence-electron chi connectivity index (χ0n) is 10.5. The van der Waals surface area contributed by atoms with Gasteiger partial charge in [-0.15, -0.1) is 0 Å². The van der Waals surface area contributed by atoms with Crippen LogP contribution in [0.15, 0.2) is 23.4 Å². The summed E-state index contributed by atoms with van der Waals surface area (Å²) in [7, 11) is -3.74. The number of aromatic nitrogens is 1. The molecule has 8 nitrogen and oxygen atoms in total. The predicted molar refractivity (Wildman–Crippen MR) is 71.0 cm³/mol. The number of hydrogen-bond donors (Lipinski definition) is 4. The van der Waals surface area contributed by atoms with E-state index in [2.05, 4.69) is 26.9 Å². The highest BCUT2D eigenvalue weighted by Crippen LogP contribution is 2.08. The van der Waals surface area contributed by atoms with E-state index in [0.29, 0.717) is 5.56 Å². The molecule has 0 radical (unpaired) electrons. The molecule has 5 N–H and O–H groups in total. The van der Waals surface area contributed by atoms with Gasteiger partial charge >= 0.3 is 6.03 Å². The molecule has 20 heavy (non-hydrogen) atoms. The van der Waals surface area contributed by atoms with Crippen LogP contribution in [0.4, 0.5) is 4.79 Å². The number of rotatable bonds is 5. The first-order chi connectivity index (χ1) is 9.45. The maximum Gasteiger partial charge on any atom is 0.312 e. The van der Waals surface area contributed by atoms with E-state index in [1.807, 2.05) is 0 Å². The molecule has 1 aromatic heterocycles. The van der Waals surface area contributed by atoms with Crippen LogP contribution in [0.5, 0.6) is 0 Å². The van der Waals surface area contributed by atoms with Gasteiger partial charge in [-0.1, -0.05) is 11.8 Å². The van der Waals surface area contributed by atoms with E-state index in [9.17, 15) is 13.2 Å². The molecule has 0 aliphatic rings. The van der Waals surface area contributed by atoms with Crippen molar-refractivity contribution < 1.29 is 18.3 Å². The molecule has 0 fully saturated rings. The van der Waals surface area contributed by atoms with Crippen molar-refractivity contribution in [3.63, 3.8) is 0 Å².